The second kappa shape index (κ2) is 7.44. The Bertz CT molecular complexity index is 712. The first-order valence-electron chi connectivity index (χ1n) is 7.74. The summed E-state index contributed by atoms with van der Waals surface area (Å²) in [6, 6.07) is 9.92. The van der Waals surface area contributed by atoms with E-state index in [2.05, 4.69) is 5.32 Å². The number of rotatable bonds is 4. The molecule has 2 amide bonds. The number of piperazine rings is 1. The fourth-order valence-electron chi connectivity index (χ4n) is 2.60. The van der Waals surface area contributed by atoms with Gasteiger partial charge in [-0.15, -0.1) is 11.3 Å². The minimum atomic E-state index is -0.378. The summed E-state index contributed by atoms with van der Waals surface area (Å²) in [6.45, 7) is 2.06. The number of nitrogens with one attached hydrogen (secondary N) is 1. The van der Waals surface area contributed by atoms with Gasteiger partial charge in [-0.3, -0.25) is 9.59 Å². The molecule has 0 atom stereocenters. The summed E-state index contributed by atoms with van der Waals surface area (Å²) in [6.07, 6.45) is 0. The first kappa shape index (κ1) is 16.4. The van der Waals surface area contributed by atoms with Crippen LogP contribution in [0.2, 0.25) is 0 Å². The summed E-state index contributed by atoms with van der Waals surface area (Å²) >= 11 is 1.42. The normalized spacial score (nSPS) is 14.5. The fraction of sp³-hybridized carbons (Fsp3) is 0.294. The van der Waals surface area contributed by atoms with Crippen molar-refractivity contribution in [1.82, 2.24) is 9.80 Å². The van der Waals surface area contributed by atoms with Gasteiger partial charge in [0.15, 0.2) is 0 Å². The van der Waals surface area contributed by atoms with Crippen LogP contribution in [-0.4, -0.2) is 54.3 Å². The van der Waals surface area contributed by atoms with Crippen molar-refractivity contribution in [2.45, 2.75) is 0 Å². The predicted molar refractivity (Wildman–Crippen MR) is 91.7 cm³/mol. The van der Waals surface area contributed by atoms with Gasteiger partial charge in [0.1, 0.15) is 5.82 Å². The van der Waals surface area contributed by atoms with Crippen LogP contribution in [0, 0.1) is 5.82 Å². The number of hydrogen-bond acceptors (Lipinski definition) is 4. The third-order valence-electron chi connectivity index (χ3n) is 3.96. The Balaban J connectivity index is 1.48. The van der Waals surface area contributed by atoms with Gasteiger partial charge in [0, 0.05) is 26.2 Å². The lowest BCUT2D eigenvalue weighted by Crippen LogP contribution is -2.51. The number of thiophene rings is 1. The molecular formula is C17H18FN3O2S. The van der Waals surface area contributed by atoms with E-state index >= 15 is 0 Å². The molecule has 2 aromatic rings. The molecule has 7 heteroatoms. The van der Waals surface area contributed by atoms with Gasteiger partial charge in [0.2, 0.25) is 5.91 Å². The molecule has 0 radical (unpaired) electrons. The van der Waals surface area contributed by atoms with E-state index in [1.165, 1.54) is 17.4 Å². The van der Waals surface area contributed by atoms with Gasteiger partial charge in [-0.1, -0.05) is 18.2 Å². The molecular weight excluding hydrogens is 329 g/mol. The quantitative estimate of drug-likeness (QED) is 0.923. The van der Waals surface area contributed by atoms with Crippen LogP contribution >= 0.6 is 11.3 Å². The van der Waals surface area contributed by atoms with Crippen LogP contribution < -0.4 is 5.32 Å². The van der Waals surface area contributed by atoms with Gasteiger partial charge >= 0.3 is 0 Å². The van der Waals surface area contributed by atoms with Crippen LogP contribution in [0.25, 0.3) is 0 Å². The van der Waals surface area contributed by atoms with Crippen molar-refractivity contribution in [3.63, 3.8) is 0 Å². The zero-order valence-electron chi connectivity index (χ0n) is 13.1. The molecule has 0 saturated carbocycles. The van der Waals surface area contributed by atoms with Gasteiger partial charge in [-0.05, 0) is 23.6 Å². The van der Waals surface area contributed by atoms with Crippen molar-refractivity contribution in [1.29, 1.82) is 0 Å². The maximum Gasteiger partial charge on any atom is 0.264 e. The van der Waals surface area contributed by atoms with Gasteiger partial charge < -0.3 is 15.1 Å². The molecule has 1 saturated heterocycles. The lowest BCUT2D eigenvalue weighted by molar-refractivity contribution is -0.130. The van der Waals surface area contributed by atoms with Crippen molar-refractivity contribution in [3.8, 4) is 0 Å². The van der Waals surface area contributed by atoms with Crippen LogP contribution in [0.5, 0.6) is 0 Å². The summed E-state index contributed by atoms with van der Waals surface area (Å²) in [4.78, 5) is 28.7. The number of hydrogen-bond donors (Lipinski definition) is 1. The molecule has 1 aromatic carbocycles. The first-order chi connectivity index (χ1) is 11.6. The van der Waals surface area contributed by atoms with Crippen LogP contribution in [0.1, 0.15) is 9.67 Å². The van der Waals surface area contributed by atoms with Crippen LogP contribution in [0.3, 0.4) is 0 Å². The number of benzene rings is 1. The standard InChI is InChI=1S/C17H18FN3O2S/c18-13-4-1-2-5-14(13)19-12-16(22)20-7-9-21(10-8-20)17(23)15-6-3-11-24-15/h1-6,11,19H,7-10,12H2. The molecule has 2 heterocycles. The Morgan fingerprint density at radius 2 is 1.75 bits per heavy atom. The highest BCUT2D eigenvalue weighted by Gasteiger charge is 2.25. The summed E-state index contributed by atoms with van der Waals surface area (Å²) in [7, 11) is 0. The first-order valence-corrected chi connectivity index (χ1v) is 8.62. The summed E-state index contributed by atoms with van der Waals surface area (Å²) in [5.74, 6) is -0.459. The van der Waals surface area contributed by atoms with Gasteiger partial charge in [0.25, 0.3) is 5.91 Å². The van der Waals surface area contributed by atoms with Crippen LogP contribution in [0.15, 0.2) is 41.8 Å². The summed E-state index contributed by atoms with van der Waals surface area (Å²) in [5.41, 5.74) is 0.317. The molecule has 1 fully saturated rings. The fourth-order valence-corrected chi connectivity index (χ4v) is 3.29. The van der Waals surface area contributed by atoms with E-state index in [1.54, 1.807) is 28.0 Å². The van der Waals surface area contributed by atoms with Crippen molar-refractivity contribution >= 4 is 28.8 Å². The molecule has 1 aliphatic rings. The molecule has 3 rings (SSSR count). The molecule has 1 aromatic heterocycles. The number of halogens is 1. The predicted octanol–water partition coefficient (Wildman–Crippen LogP) is 2.28. The van der Waals surface area contributed by atoms with E-state index in [-0.39, 0.29) is 24.2 Å². The maximum atomic E-state index is 13.5. The highest BCUT2D eigenvalue weighted by Crippen LogP contribution is 2.15. The molecule has 5 nitrogen and oxygen atoms in total. The Kier molecular flexibility index (Phi) is 5.10. The number of nitrogens with zero attached hydrogens (tertiary/aromatic N) is 2. The van der Waals surface area contributed by atoms with Crippen molar-refractivity contribution in [2.24, 2.45) is 0 Å². The average molecular weight is 347 g/mol. The highest BCUT2D eigenvalue weighted by atomic mass is 32.1. The van der Waals surface area contributed by atoms with Gasteiger partial charge in [0.05, 0.1) is 17.1 Å². The number of carbonyl (C=O) groups excluding carboxylic acids is 2. The third kappa shape index (κ3) is 3.73. The number of anilines is 1. The molecule has 0 unspecified atom stereocenters. The minimum Gasteiger partial charge on any atom is -0.374 e. The lowest BCUT2D eigenvalue weighted by atomic mass is 10.2. The average Bonchev–Trinajstić information content (AvgIpc) is 3.15. The van der Waals surface area contributed by atoms with Crippen LogP contribution in [-0.2, 0) is 4.79 Å². The van der Waals surface area contributed by atoms with Crippen molar-refractivity contribution in [2.75, 3.05) is 38.0 Å². The maximum absolute atomic E-state index is 13.5. The number of para-hydroxylation sites is 1. The Morgan fingerprint density at radius 1 is 1.04 bits per heavy atom. The number of carbonyl (C=O) groups is 2. The molecule has 0 aliphatic carbocycles. The van der Waals surface area contributed by atoms with Gasteiger partial charge in [-0.2, -0.15) is 0 Å². The molecule has 126 valence electrons. The van der Waals surface area contributed by atoms with Crippen molar-refractivity contribution in [3.05, 3.63) is 52.5 Å². The zero-order chi connectivity index (χ0) is 16.9. The zero-order valence-corrected chi connectivity index (χ0v) is 13.9. The monoisotopic (exact) mass is 347 g/mol. The lowest BCUT2D eigenvalue weighted by Gasteiger charge is -2.34. The highest BCUT2D eigenvalue weighted by molar-refractivity contribution is 7.12. The topological polar surface area (TPSA) is 52.7 Å². The van der Waals surface area contributed by atoms with Crippen LogP contribution in [0.4, 0.5) is 10.1 Å². The Morgan fingerprint density at radius 3 is 2.42 bits per heavy atom. The molecule has 0 bridgehead atoms. The van der Waals surface area contributed by atoms with E-state index in [0.29, 0.717) is 31.9 Å². The Labute approximate surface area is 143 Å². The SMILES string of the molecule is O=C(CNc1ccccc1F)N1CCN(C(=O)c2cccs2)CC1. The number of amides is 2. The van der Waals surface area contributed by atoms with Crippen molar-refractivity contribution < 1.29 is 14.0 Å². The minimum absolute atomic E-state index is 0.0154. The second-order valence-corrected chi connectivity index (χ2v) is 6.43. The van der Waals surface area contributed by atoms with Gasteiger partial charge in [-0.25, -0.2) is 4.39 Å². The summed E-state index contributed by atoms with van der Waals surface area (Å²) in [5, 5.41) is 4.70. The van der Waals surface area contributed by atoms with E-state index in [1.807, 2.05) is 17.5 Å². The third-order valence-corrected chi connectivity index (χ3v) is 4.81. The molecule has 24 heavy (non-hydrogen) atoms. The summed E-state index contributed by atoms with van der Waals surface area (Å²) < 4.78 is 13.5. The molecule has 1 aliphatic heterocycles. The second-order valence-electron chi connectivity index (χ2n) is 5.48. The molecule has 1 N–H and O–H groups in total. The smallest absolute Gasteiger partial charge is 0.264 e. The molecule has 0 spiro atoms. The van der Waals surface area contributed by atoms with E-state index < -0.39 is 0 Å². The Hall–Kier alpha value is -2.41. The van der Waals surface area contributed by atoms with E-state index in [4.69, 9.17) is 0 Å². The van der Waals surface area contributed by atoms with E-state index in [9.17, 15) is 14.0 Å². The van der Waals surface area contributed by atoms with E-state index in [0.717, 1.165) is 4.88 Å². The largest absolute Gasteiger partial charge is 0.374 e.